The number of hydrogen-bond acceptors (Lipinski definition) is 3. The Kier molecular flexibility index (Phi) is 4.68. The SMILES string of the molecule is CC(CCCNC(=O)c1cncn1C)C(=O)O. The van der Waals surface area contributed by atoms with E-state index in [1.165, 1.54) is 6.20 Å². The topological polar surface area (TPSA) is 84.2 Å². The minimum atomic E-state index is -0.803. The standard InChI is InChI=1S/C11H17N3O3/c1-8(11(16)17)4-3-5-13-10(15)9-6-12-7-14(9)2/h6-8H,3-5H2,1-2H3,(H,13,15)(H,16,17). The molecule has 0 radical (unpaired) electrons. The van der Waals surface area contributed by atoms with Crippen LogP contribution in [-0.2, 0) is 11.8 Å². The lowest BCUT2D eigenvalue weighted by Gasteiger charge is -2.07. The summed E-state index contributed by atoms with van der Waals surface area (Å²) >= 11 is 0. The van der Waals surface area contributed by atoms with Gasteiger partial charge in [0.2, 0.25) is 0 Å². The highest BCUT2D eigenvalue weighted by Crippen LogP contribution is 2.04. The molecule has 1 amide bonds. The summed E-state index contributed by atoms with van der Waals surface area (Å²) in [5.41, 5.74) is 0.497. The third-order valence-electron chi connectivity index (χ3n) is 2.57. The maximum Gasteiger partial charge on any atom is 0.306 e. The Morgan fingerprint density at radius 1 is 1.59 bits per heavy atom. The van der Waals surface area contributed by atoms with E-state index in [0.717, 1.165) is 0 Å². The van der Waals surface area contributed by atoms with Gasteiger partial charge in [0.05, 0.1) is 18.4 Å². The van der Waals surface area contributed by atoms with E-state index in [1.807, 2.05) is 0 Å². The van der Waals surface area contributed by atoms with Crippen molar-refractivity contribution in [2.24, 2.45) is 13.0 Å². The lowest BCUT2D eigenvalue weighted by atomic mass is 10.1. The number of nitrogens with one attached hydrogen (secondary N) is 1. The van der Waals surface area contributed by atoms with Gasteiger partial charge in [-0.2, -0.15) is 0 Å². The van der Waals surface area contributed by atoms with Crippen LogP contribution in [0, 0.1) is 5.92 Å². The Bertz CT molecular complexity index is 400. The van der Waals surface area contributed by atoms with Crippen LogP contribution >= 0.6 is 0 Å². The summed E-state index contributed by atoms with van der Waals surface area (Å²) in [7, 11) is 1.74. The van der Waals surface area contributed by atoms with Crippen LogP contribution in [0.2, 0.25) is 0 Å². The van der Waals surface area contributed by atoms with Crippen LogP contribution in [0.15, 0.2) is 12.5 Å². The molecule has 1 aromatic rings. The highest BCUT2D eigenvalue weighted by Gasteiger charge is 2.11. The summed E-state index contributed by atoms with van der Waals surface area (Å²) in [6.45, 7) is 2.13. The summed E-state index contributed by atoms with van der Waals surface area (Å²) in [5, 5.41) is 11.4. The predicted octanol–water partition coefficient (Wildman–Crippen LogP) is 0.651. The first kappa shape index (κ1) is 13.2. The van der Waals surface area contributed by atoms with Gasteiger partial charge < -0.3 is 15.0 Å². The zero-order valence-electron chi connectivity index (χ0n) is 10.0. The number of hydrogen-bond donors (Lipinski definition) is 2. The lowest BCUT2D eigenvalue weighted by molar-refractivity contribution is -0.141. The molecule has 94 valence electrons. The second-order valence-electron chi connectivity index (χ2n) is 4.03. The molecule has 1 unspecified atom stereocenters. The summed E-state index contributed by atoms with van der Waals surface area (Å²) in [6.07, 6.45) is 4.26. The van der Waals surface area contributed by atoms with Gasteiger partial charge >= 0.3 is 5.97 Å². The summed E-state index contributed by atoms with van der Waals surface area (Å²) in [6, 6.07) is 0. The molecule has 0 fully saturated rings. The van der Waals surface area contributed by atoms with E-state index >= 15 is 0 Å². The Morgan fingerprint density at radius 3 is 2.82 bits per heavy atom. The molecule has 0 aliphatic carbocycles. The molecule has 0 aliphatic heterocycles. The maximum atomic E-state index is 11.6. The number of carboxylic acids is 1. The van der Waals surface area contributed by atoms with Crippen molar-refractivity contribution < 1.29 is 14.7 Å². The fraction of sp³-hybridized carbons (Fsp3) is 0.545. The largest absolute Gasteiger partial charge is 0.481 e. The number of aryl methyl sites for hydroxylation is 1. The highest BCUT2D eigenvalue weighted by molar-refractivity contribution is 5.92. The average molecular weight is 239 g/mol. The molecule has 0 aliphatic rings. The summed E-state index contributed by atoms with van der Waals surface area (Å²) < 4.78 is 1.63. The molecule has 17 heavy (non-hydrogen) atoms. The number of carbonyl (C=O) groups is 2. The van der Waals surface area contributed by atoms with Crippen LogP contribution in [-0.4, -0.2) is 33.1 Å². The maximum absolute atomic E-state index is 11.6. The van der Waals surface area contributed by atoms with E-state index in [1.54, 1.807) is 24.9 Å². The van der Waals surface area contributed by atoms with Crippen LogP contribution in [0.25, 0.3) is 0 Å². The number of aromatic nitrogens is 2. The zero-order chi connectivity index (χ0) is 12.8. The van der Waals surface area contributed by atoms with Crippen molar-refractivity contribution in [3.05, 3.63) is 18.2 Å². The predicted molar refractivity (Wildman–Crippen MR) is 61.6 cm³/mol. The van der Waals surface area contributed by atoms with Crippen LogP contribution in [0.3, 0.4) is 0 Å². The fourth-order valence-corrected chi connectivity index (χ4v) is 1.40. The van der Waals surface area contributed by atoms with Crippen molar-refractivity contribution in [1.82, 2.24) is 14.9 Å². The normalized spacial score (nSPS) is 12.1. The average Bonchev–Trinajstić information content (AvgIpc) is 2.70. The number of carboxylic acid groups (broad SMARTS) is 1. The van der Waals surface area contributed by atoms with Gasteiger partial charge in [-0.15, -0.1) is 0 Å². The minimum Gasteiger partial charge on any atom is -0.481 e. The first-order chi connectivity index (χ1) is 8.02. The molecule has 0 spiro atoms. The molecule has 0 aromatic carbocycles. The van der Waals surface area contributed by atoms with Gasteiger partial charge in [0.25, 0.3) is 5.91 Å². The second kappa shape index (κ2) is 6.03. The summed E-state index contributed by atoms with van der Waals surface area (Å²) in [5.74, 6) is -1.36. The smallest absolute Gasteiger partial charge is 0.306 e. The van der Waals surface area contributed by atoms with Gasteiger partial charge in [-0.3, -0.25) is 9.59 Å². The molecule has 1 atom stereocenters. The molecule has 2 N–H and O–H groups in total. The number of imidazole rings is 1. The van der Waals surface area contributed by atoms with Gasteiger partial charge in [0.15, 0.2) is 0 Å². The van der Waals surface area contributed by atoms with Crippen LogP contribution in [0.1, 0.15) is 30.3 Å². The van der Waals surface area contributed by atoms with E-state index < -0.39 is 5.97 Å². The molecule has 6 heteroatoms. The van der Waals surface area contributed by atoms with E-state index in [-0.39, 0.29) is 11.8 Å². The first-order valence-electron chi connectivity index (χ1n) is 5.49. The third-order valence-corrected chi connectivity index (χ3v) is 2.57. The molecular formula is C11H17N3O3. The third kappa shape index (κ3) is 3.90. The van der Waals surface area contributed by atoms with Crippen molar-refractivity contribution in [1.29, 1.82) is 0 Å². The molecule has 1 aromatic heterocycles. The van der Waals surface area contributed by atoms with Crippen LogP contribution in [0.4, 0.5) is 0 Å². The van der Waals surface area contributed by atoms with E-state index in [4.69, 9.17) is 5.11 Å². The van der Waals surface area contributed by atoms with Gasteiger partial charge in [-0.25, -0.2) is 4.98 Å². The summed E-state index contributed by atoms with van der Waals surface area (Å²) in [4.78, 5) is 26.0. The molecule has 0 saturated heterocycles. The number of carbonyl (C=O) groups excluding carboxylic acids is 1. The van der Waals surface area contributed by atoms with Gasteiger partial charge in [0.1, 0.15) is 5.69 Å². The van der Waals surface area contributed by atoms with E-state index in [2.05, 4.69) is 10.3 Å². The molecular weight excluding hydrogens is 222 g/mol. The van der Waals surface area contributed by atoms with Crippen molar-refractivity contribution in [2.75, 3.05) is 6.54 Å². The van der Waals surface area contributed by atoms with E-state index in [0.29, 0.717) is 25.1 Å². The second-order valence-corrected chi connectivity index (χ2v) is 4.03. The molecule has 1 rings (SSSR count). The Balaban J connectivity index is 2.26. The molecule has 0 saturated carbocycles. The molecule has 6 nitrogen and oxygen atoms in total. The minimum absolute atomic E-state index is 0.187. The molecule has 1 heterocycles. The van der Waals surface area contributed by atoms with Crippen molar-refractivity contribution in [3.63, 3.8) is 0 Å². The Morgan fingerprint density at radius 2 is 2.29 bits per heavy atom. The number of amides is 1. The first-order valence-corrected chi connectivity index (χ1v) is 5.49. The highest BCUT2D eigenvalue weighted by atomic mass is 16.4. The number of aliphatic carboxylic acids is 1. The quantitative estimate of drug-likeness (QED) is 0.714. The van der Waals surface area contributed by atoms with Gasteiger partial charge in [-0.05, 0) is 12.8 Å². The zero-order valence-corrected chi connectivity index (χ0v) is 10.0. The van der Waals surface area contributed by atoms with Crippen molar-refractivity contribution >= 4 is 11.9 Å². The number of nitrogens with zero attached hydrogens (tertiary/aromatic N) is 2. The Hall–Kier alpha value is -1.85. The van der Waals surface area contributed by atoms with Crippen LogP contribution < -0.4 is 5.32 Å². The van der Waals surface area contributed by atoms with Crippen molar-refractivity contribution in [3.8, 4) is 0 Å². The lowest BCUT2D eigenvalue weighted by Crippen LogP contribution is -2.26. The monoisotopic (exact) mass is 239 g/mol. The Labute approximate surface area is 99.7 Å². The fourth-order valence-electron chi connectivity index (χ4n) is 1.40. The van der Waals surface area contributed by atoms with Crippen molar-refractivity contribution in [2.45, 2.75) is 19.8 Å². The number of rotatable bonds is 6. The molecule has 0 bridgehead atoms. The van der Waals surface area contributed by atoms with Crippen LogP contribution in [0.5, 0.6) is 0 Å². The van der Waals surface area contributed by atoms with Gasteiger partial charge in [-0.1, -0.05) is 6.92 Å². The van der Waals surface area contributed by atoms with E-state index in [9.17, 15) is 9.59 Å². The van der Waals surface area contributed by atoms with Gasteiger partial charge in [0, 0.05) is 13.6 Å².